The summed E-state index contributed by atoms with van der Waals surface area (Å²) in [6.45, 7) is 4.95. The van der Waals surface area contributed by atoms with Crippen LogP contribution in [-0.2, 0) is 23.9 Å². The van der Waals surface area contributed by atoms with Crippen molar-refractivity contribution < 1.29 is 28.7 Å². The van der Waals surface area contributed by atoms with Crippen LogP contribution in [0, 0.1) is 17.8 Å². The van der Waals surface area contributed by atoms with Gasteiger partial charge >= 0.3 is 12.0 Å². The number of fused-ring (bicyclic) bond motifs is 1. The van der Waals surface area contributed by atoms with Crippen molar-refractivity contribution in [2.24, 2.45) is 17.8 Å². The summed E-state index contributed by atoms with van der Waals surface area (Å²) in [6.07, 6.45) is 3.10. The van der Waals surface area contributed by atoms with E-state index >= 15 is 0 Å². The number of rotatable bonds is 6. The molecule has 1 aliphatic heterocycles. The minimum absolute atomic E-state index is 0.226. The van der Waals surface area contributed by atoms with Gasteiger partial charge in [0.15, 0.2) is 6.61 Å². The van der Waals surface area contributed by atoms with Gasteiger partial charge < -0.3 is 10.1 Å². The zero-order valence-corrected chi connectivity index (χ0v) is 15.9. The molecule has 5 amide bonds. The van der Waals surface area contributed by atoms with Gasteiger partial charge in [0, 0.05) is 6.54 Å². The molecule has 1 saturated carbocycles. The molecular formula is C18H27N3O6. The van der Waals surface area contributed by atoms with E-state index in [1.165, 1.54) is 6.92 Å². The maximum absolute atomic E-state index is 12.5. The Morgan fingerprint density at radius 2 is 1.63 bits per heavy atom. The van der Waals surface area contributed by atoms with Gasteiger partial charge in [-0.2, -0.15) is 0 Å². The molecule has 0 aromatic heterocycles. The number of ether oxygens (including phenoxy) is 1. The average molecular weight is 381 g/mol. The first-order chi connectivity index (χ1) is 12.7. The Bertz CT molecular complexity index is 609. The number of hydrogen-bond acceptors (Lipinski definition) is 6. The largest absolute Gasteiger partial charge is 0.454 e. The van der Waals surface area contributed by atoms with Crippen LogP contribution in [0.25, 0.3) is 0 Å². The number of carbonyl (C=O) groups excluding carboxylic acids is 5. The summed E-state index contributed by atoms with van der Waals surface area (Å²) in [6, 6.07) is -1.77. The van der Waals surface area contributed by atoms with Crippen LogP contribution in [-0.4, -0.2) is 53.8 Å². The Morgan fingerprint density at radius 1 is 1.07 bits per heavy atom. The van der Waals surface area contributed by atoms with Crippen molar-refractivity contribution in [3.8, 4) is 0 Å². The SMILES string of the molecule is CC(C)CNC(=O)NC(=O)COC(=O)[C@H](C)N1C(=O)[C@H]2CCCC[C@H]2C1=O. The van der Waals surface area contributed by atoms with Crippen LogP contribution < -0.4 is 10.6 Å². The predicted octanol–water partition coefficient (Wildman–Crippen LogP) is 0.575. The van der Waals surface area contributed by atoms with E-state index in [4.69, 9.17) is 4.74 Å². The maximum atomic E-state index is 12.5. The van der Waals surface area contributed by atoms with Gasteiger partial charge in [-0.1, -0.05) is 26.7 Å². The zero-order chi connectivity index (χ0) is 20.1. The predicted molar refractivity (Wildman–Crippen MR) is 94.1 cm³/mol. The molecule has 9 heteroatoms. The molecule has 1 heterocycles. The first kappa shape index (κ1) is 20.9. The number of hydrogen-bond donors (Lipinski definition) is 2. The van der Waals surface area contributed by atoms with E-state index in [1.807, 2.05) is 19.2 Å². The molecule has 150 valence electrons. The standard InChI is InChI=1S/C18H27N3O6/c1-10(2)8-19-18(26)20-14(22)9-27-17(25)11(3)21-15(23)12-6-4-5-7-13(12)16(21)24/h10-13H,4-9H2,1-3H3,(H2,19,20,22,26)/t11-,12-,13+/m0/s1. The van der Waals surface area contributed by atoms with Gasteiger partial charge in [0.1, 0.15) is 6.04 Å². The molecule has 2 rings (SSSR count). The molecule has 0 unspecified atom stereocenters. The van der Waals surface area contributed by atoms with Crippen LogP contribution in [0.4, 0.5) is 4.79 Å². The summed E-state index contributed by atoms with van der Waals surface area (Å²) < 4.78 is 4.88. The molecule has 0 aromatic carbocycles. The van der Waals surface area contributed by atoms with Crippen LogP contribution in [0.3, 0.4) is 0 Å². The number of amides is 5. The van der Waals surface area contributed by atoms with Gasteiger partial charge in [-0.3, -0.25) is 24.6 Å². The number of likely N-dealkylation sites (tertiary alicyclic amines) is 1. The van der Waals surface area contributed by atoms with Gasteiger partial charge in [0.25, 0.3) is 5.91 Å². The highest BCUT2D eigenvalue weighted by Crippen LogP contribution is 2.38. The first-order valence-corrected chi connectivity index (χ1v) is 9.33. The summed E-state index contributed by atoms with van der Waals surface area (Å²) in [5.41, 5.74) is 0. The van der Waals surface area contributed by atoms with Crippen molar-refractivity contribution in [3.05, 3.63) is 0 Å². The number of nitrogens with zero attached hydrogens (tertiary/aromatic N) is 1. The van der Waals surface area contributed by atoms with Gasteiger partial charge in [0.05, 0.1) is 11.8 Å². The maximum Gasteiger partial charge on any atom is 0.329 e. The monoisotopic (exact) mass is 381 g/mol. The van der Waals surface area contributed by atoms with Crippen molar-refractivity contribution >= 4 is 29.7 Å². The van der Waals surface area contributed by atoms with Crippen LogP contribution in [0.2, 0.25) is 0 Å². The number of nitrogens with one attached hydrogen (secondary N) is 2. The third-order valence-electron chi connectivity index (χ3n) is 4.87. The fraction of sp³-hybridized carbons (Fsp3) is 0.722. The molecule has 3 atom stereocenters. The van der Waals surface area contributed by atoms with Crippen molar-refractivity contribution in [2.75, 3.05) is 13.2 Å². The second kappa shape index (κ2) is 8.96. The fourth-order valence-corrected chi connectivity index (χ4v) is 3.44. The third kappa shape index (κ3) is 5.05. The molecule has 0 aromatic rings. The van der Waals surface area contributed by atoms with Crippen LogP contribution in [0.15, 0.2) is 0 Å². The van der Waals surface area contributed by atoms with E-state index in [-0.39, 0.29) is 29.6 Å². The second-order valence-corrected chi connectivity index (χ2v) is 7.48. The molecule has 0 radical (unpaired) electrons. The summed E-state index contributed by atoms with van der Waals surface area (Å²) in [7, 11) is 0. The summed E-state index contributed by atoms with van der Waals surface area (Å²) in [5.74, 6) is -2.80. The van der Waals surface area contributed by atoms with Crippen molar-refractivity contribution in [2.45, 2.75) is 52.5 Å². The lowest BCUT2D eigenvalue weighted by atomic mass is 9.81. The number of carbonyl (C=O) groups is 5. The lowest BCUT2D eigenvalue weighted by Crippen LogP contribution is -2.46. The minimum Gasteiger partial charge on any atom is -0.454 e. The number of urea groups is 1. The van der Waals surface area contributed by atoms with E-state index in [1.54, 1.807) is 0 Å². The topological polar surface area (TPSA) is 122 Å². The number of imide groups is 2. The van der Waals surface area contributed by atoms with Gasteiger partial charge in [0.2, 0.25) is 11.8 Å². The normalized spacial score (nSPS) is 23.0. The lowest BCUT2D eigenvalue weighted by Gasteiger charge is -2.21. The van der Waals surface area contributed by atoms with E-state index in [0.29, 0.717) is 19.4 Å². The Balaban J connectivity index is 1.83. The highest BCUT2D eigenvalue weighted by molar-refractivity contribution is 6.08. The van der Waals surface area contributed by atoms with E-state index < -0.39 is 30.6 Å². The number of esters is 1. The molecule has 1 saturated heterocycles. The van der Waals surface area contributed by atoms with Crippen LogP contribution >= 0.6 is 0 Å². The smallest absolute Gasteiger partial charge is 0.329 e. The lowest BCUT2D eigenvalue weighted by molar-refractivity contribution is -0.159. The molecule has 2 N–H and O–H groups in total. The zero-order valence-electron chi connectivity index (χ0n) is 15.9. The highest BCUT2D eigenvalue weighted by atomic mass is 16.5. The Kier molecular flexibility index (Phi) is 6.92. The van der Waals surface area contributed by atoms with Gasteiger partial charge in [-0.25, -0.2) is 9.59 Å². The van der Waals surface area contributed by atoms with E-state index in [9.17, 15) is 24.0 Å². The van der Waals surface area contributed by atoms with Crippen LogP contribution in [0.1, 0.15) is 46.5 Å². The molecule has 0 bridgehead atoms. The quantitative estimate of drug-likeness (QED) is 0.512. The Hall–Kier alpha value is -2.45. The third-order valence-corrected chi connectivity index (χ3v) is 4.87. The minimum atomic E-state index is -1.10. The van der Waals surface area contributed by atoms with Gasteiger partial charge in [-0.05, 0) is 25.7 Å². The summed E-state index contributed by atoms with van der Waals surface area (Å²) >= 11 is 0. The van der Waals surface area contributed by atoms with Crippen molar-refractivity contribution in [1.29, 1.82) is 0 Å². The first-order valence-electron chi connectivity index (χ1n) is 9.33. The molecule has 9 nitrogen and oxygen atoms in total. The molecule has 1 aliphatic carbocycles. The Morgan fingerprint density at radius 3 is 2.15 bits per heavy atom. The van der Waals surface area contributed by atoms with Crippen molar-refractivity contribution in [3.63, 3.8) is 0 Å². The second-order valence-electron chi connectivity index (χ2n) is 7.48. The summed E-state index contributed by atoms with van der Waals surface area (Å²) in [4.78, 5) is 61.3. The Labute approximate surface area is 158 Å². The summed E-state index contributed by atoms with van der Waals surface area (Å²) in [5, 5.41) is 4.54. The molecule has 2 aliphatic rings. The average Bonchev–Trinajstić information content (AvgIpc) is 2.88. The van der Waals surface area contributed by atoms with Crippen LogP contribution in [0.5, 0.6) is 0 Å². The molecule has 27 heavy (non-hydrogen) atoms. The highest BCUT2D eigenvalue weighted by Gasteiger charge is 2.51. The van der Waals surface area contributed by atoms with Gasteiger partial charge in [-0.15, -0.1) is 0 Å². The fourth-order valence-electron chi connectivity index (χ4n) is 3.44. The van der Waals surface area contributed by atoms with Crippen molar-refractivity contribution in [1.82, 2.24) is 15.5 Å². The molecular weight excluding hydrogens is 354 g/mol. The van der Waals surface area contributed by atoms with E-state index in [2.05, 4.69) is 5.32 Å². The molecule has 0 spiro atoms. The van der Waals surface area contributed by atoms with E-state index in [0.717, 1.165) is 17.7 Å². The molecule has 2 fully saturated rings.